The largest absolute Gasteiger partial charge is 0.343 e. The molecule has 2 aromatic heterocycles. The Balaban J connectivity index is 1.57. The summed E-state index contributed by atoms with van der Waals surface area (Å²) < 4.78 is 1.10. The fraction of sp³-hybridized carbons (Fsp3) is 0.217. The van der Waals surface area contributed by atoms with E-state index in [1.165, 1.54) is 5.56 Å². The van der Waals surface area contributed by atoms with Gasteiger partial charge in [0.1, 0.15) is 12.1 Å². The summed E-state index contributed by atoms with van der Waals surface area (Å²) in [5.41, 5.74) is 2.47. The van der Waals surface area contributed by atoms with Crippen molar-refractivity contribution in [3.63, 3.8) is 0 Å². The number of thiophene rings is 1. The number of rotatable bonds is 7. The van der Waals surface area contributed by atoms with Gasteiger partial charge in [0, 0.05) is 4.88 Å². The van der Waals surface area contributed by atoms with E-state index in [0.717, 1.165) is 28.0 Å². The predicted molar refractivity (Wildman–Crippen MR) is 119 cm³/mol. The van der Waals surface area contributed by atoms with Crippen molar-refractivity contribution in [2.75, 3.05) is 0 Å². The van der Waals surface area contributed by atoms with Gasteiger partial charge in [0.25, 0.3) is 5.56 Å². The smallest absolute Gasteiger partial charge is 0.278 e. The van der Waals surface area contributed by atoms with E-state index in [1.807, 2.05) is 17.5 Å². The van der Waals surface area contributed by atoms with Crippen molar-refractivity contribution >= 4 is 28.1 Å². The lowest BCUT2D eigenvalue weighted by atomic mass is 10.0. The molecule has 1 atom stereocenters. The maximum absolute atomic E-state index is 12.8. The zero-order chi connectivity index (χ0) is 20.9. The number of carbonyl (C=O) groups excluding carboxylic acids is 1. The molecule has 152 valence electrons. The molecule has 2 aromatic carbocycles. The highest BCUT2D eigenvalue weighted by Gasteiger charge is 2.19. The predicted octanol–water partition coefficient (Wildman–Crippen LogP) is 3.71. The SMILES string of the molecule is CCCc1ccc([C@H](NC(=O)Cn2nnc3ccccc3c2=O)c2cccs2)cc1. The van der Waals surface area contributed by atoms with Crippen molar-refractivity contribution in [3.8, 4) is 0 Å². The van der Waals surface area contributed by atoms with E-state index in [0.29, 0.717) is 10.9 Å². The van der Waals surface area contributed by atoms with Crippen molar-refractivity contribution in [1.82, 2.24) is 20.3 Å². The molecule has 0 bridgehead atoms. The Hall–Kier alpha value is -3.32. The fourth-order valence-corrected chi connectivity index (χ4v) is 4.21. The van der Waals surface area contributed by atoms with Gasteiger partial charge in [0.15, 0.2) is 0 Å². The van der Waals surface area contributed by atoms with Crippen molar-refractivity contribution in [3.05, 3.63) is 92.4 Å². The Labute approximate surface area is 178 Å². The van der Waals surface area contributed by atoms with Gasteiger partial charge >= 0.3 is 0 Å². The molecule has 7 heteroatoms. The molecule has 1 amide bonds. The summed E-state index contributed by atoms with van der Waals surface area (Å²) in [7, 11) is 0. The molecule has 0 spiro atoms. The maximum Gasteiger partial charge on any atom is 0.278 e. The van der Waals surface area contributed by atoms with Crippen LogP contribution in [0.15, 0.2) is 70.8 Å². The molecule has 0 aliphatic heterocycles. The number of aromatic nitrogens is 3. The van der Waals surface area contributed by atoms with Gasteiger partial charge in [0.05, 0.1) is 11.4 Å². The number of hydrogen-bond acceptors (Lipinski definition) is 5. The molecular formula is C23H22N4O2S. The van der Waals surface area contributed by atoms with Gasteiger partial charge in [-0.25, -0.2) is 4.68 Å². The normalized spacial score (nSPS) is 12.0. The highest BCUT2D eigenvalue weighted by atomic mass is 32.1. The van der Waals surface area contributed by atoms with Crippen LogP contribution in [0.1, 0.15) is 35.4 Å². The lowest BCUT2D eigenvalue weighted by Gasteiger charge is -2.19. The van der Waals surface area contributed by atoms with Gasteiger partial charge in [-0.05, 0) is 41.1 Å². The molecule has 0 aliphatic carbocycles. The van der Waals surface area contributed by atoms with Crippen LogP contribution >= 0.6 is 11.3 Å². The third-order valence-corrected chi connectivity index (χ3v) is 5.84. The number of hydrogen-bond donors (Lipinski definition) is 1. The summed E-state index contributed by atoms with van der Waals surface area (Å²) in [5.74, 6) is -0.294. The van der Waals surface area contributed by atoms with E-state index in [9.17, 15) is 9.59 Å². The first-order valence-electron chi connectivity index (χ1n) is 9.90. The molecule has 4 aromatic rings. The van der Waals surface area contributed by atoms with Crippen LogP contribution in [0.4, 0.5) is 0 Å². The minimum Gasteiger partial charge on any atom is -0.343 e. The van der Waals surface area contributed by atoms with Crippen LogP contribution in [0.5, 0.6) is 0 Å². The maximum atomic E-state index is 12.8. The first kappa shape index (κ1) is 20.0. The number of benzene rings is 2. The Morgan fingerprint density at radius 2 is 1.90 bits per heavy atom. The fourth-order valence-electron chi connectivity index (χ4n) is 3.41. The van der Waals surface area contributed by atoms with Gasteiger partial charge in [0.2, 0.25) is 5.91 Å². The molecule has 1 N–H and O–H groups in total. The summed E-state index contributed by atoms with van der Waals surface area (Å²) >= 11 is 1.58. The third kappa shape index (κ3) is 4.31. The number of nitrogens with one attached hydrogen (secondary N) is 1. The lowest BCUT2D eigenvalue weighted by molar-refractivity contribution is -0.122. The van der Waals surface area contributed by atoms with Crippen molar-refractivity contribution in [1.29, 1.82) is 0 Å². The Morgan fingerprint density at radius 3 is 2.63 bits per heavy atom. The highest BCUT2D eigenvalue weighted by Crippen LogP contribution is 2.26. The molecule has 0 fully saturated rings. The second-order valence-electron chi connectivity index (χ2n) is 7.08. The van der Waals surface area contributed by atoms with Crippen molar-refractivity contribution in [2.24, 2.45) is 0 Å². The number of carbonyl (C=O) groups is 1. The van der Waals surface area contributed by atoms with Gasteiger partial charge in [-0.3, -0.25) is 9.59 Å². The van der Waals surface area contributed by atoms with E-state index in [2.05, 4.69) is 46.8 Å². The van der Waals surface area contributed by atoms with Gasteiger partial charge in [-0.2, -0.15) is 0 Å². The average Bonchev–Trinajstić information content (AvgIpc) is 3.30. The molecule has 4 rings (SSSR count). The van der Waals surface area contributed by atoms with Gasteiger partial charge < -0.3 is 5.32 Å². The molecule has 0 saturated heterocycles. The average molecular weight is 419 g/mol. The summed E-state index contributed by atoms with van der Waals surface area (Å²) in [5, 5.41) is 13.4. The van der Waals surface area contributed by atoms with Crippen LogP contribution in [0.3, 0.4) is 0 Å². The van der Waals surface area contributed by atoms with Crippen LogP contribution in [-0.4, -0.2) is 20.9 Å². The second-order valence-corrected chi connectivity index (χ2v) is 8.06. The second kappa shape index (κ2) is 9.00. The standard InChI is InChI=1S/C23H22N4O2S/c1-2-6-16-10-12-17(13-11-16)22(20-9-5-14-30-20)24-21(28)15-27-23(29)18-7-3-4-8-19(18)25-26-27/h3-5,7-14,22H,2,6,15H2,1H3,(H,24,28)/t22-/m0/s1. The highest BCUT2D eigenvalue weighted by molar-refractivity contribution is 7.10. The van der Waals surface area contributed by atoms with E-state index in [4.69, 9.17) is 0 Å². The molecule has 6 nitrogen and oxygen atoms in total. The van der Waals surface area contributed by atoms with Crippen LogP contribution in [0.2, 0.25) is 0 Å². The minimum atomic E-state index is -0.327. The van der Waals surface area contributed by atoms with Crippen molar-refractivity contribution in [2.45, 2.75) is 32.4 Å². The van der Waals surface area contributed by atoms with Crippen LogP contribution in [0, 0.1) is 0 Å². The molecule has 0 unspecified atom stereocenters. The topological polar surface area (TPSA) is 76.9 Å². The van der Waals surface area contributed by atoms with E-state index >= 15 is 0 Å². The van der Waals surface area contributed by atoms with E-state index in [1.54, 1.807) is 35.6 Å². The van der Waals surface area contributed by atoms with Gasteiger partial charge in [-0.15, -0.1) is 16.4 Å². The molecule has 0 aliphatic rings. The number of fused-ring (bicyclic) bond motifs is 1. The van der Waals surface area contributed by atoms with Gasteiger partial charge in [-0.1, -0.05) is 61.0 Å². The molecule has 0 radical (unpaired) electrons. The number of aryl methyl sites for hydroxylation is 1. The quantitative estimate of drug-likeness (QED) is 0.496. The number of amides is 1. The van der Waals surface area contributed by atoms with Crippen LogP contribution in [0.25, 0.3) is 10.9 Å². The summed E-state index contributed by atoms with van der Waals surface area (Å²) in [6, 6.07) is 19.0. The molecule has 30 heavy (non-hydrogen) atoms. The Kier molecular flexibility index (Phi) is 5.99. The summed E-state index contributed by atoms with van der Waals surface area (Å²) in [6.45, 7) is 1.96. The lowest BCUT2D eigenvalue weighted by Crippen LogP contribution is -2.36. The first-order valence-corrected chi connectivity index (χ1v) is 10.8. The zero-order valence-corrected chi connectivity index (χ0v) is 17.4. The summed E-state index contributed by atoms with van der Waals surface area (Å²) in [4.78, 5) is 26.5. The van der Waals surface area contributed by atoms with Crippen molar-refractivity contribution < 1.29 is 4.79 Å². The monoisotopic (exact) mass is 418 g/mol. The Morgan fingerprint density at radius 1 is 1.10 bits per heavy atom. The third-order valence-electron chi connectivity index (χ3n) is 4.91. The van der Waals surface area contributed by atoms with E-state index in [-0.39, 0.29) is 24.1 Å². The van der Waals surface area contributed by atoms with E-state index < -0.39 is 0 Å². The minimum absolute atomic E-state index is 0.188. The Bertz CT molecular complexity index is 1200. The summed E-state index contributed by atoms with van der Waals surface area (Å²) in [6.07, 6.45) is 2.12. The van der Waals surface area contributed by atoms with Crippen LogP contribution < -0.4 is 10.9 Å². The van der Waals surface area contributed by atoms with Crippen LogP contribution in [-0.2, 0) is 17.8 Å². The molecule has 0 saturated carbocycles. The molecule has 2 heterocycles. The first-order chi connectivity index (χ1) is 14.7. The molecular weight excluding hydrogens is 396 g/mol. The number of nitrogens with zero attached hydrogens (tertiary/aromatic N) is 3. The zero-order valence-electron chi connectivity index (χ0n) is 16.6.